The summed E-state index contributed by atoms with van der Waals surface area (Å²) in [7, 11) is -3.98. The summed E-state index contributed by atoms with van der Waals surface area (Å²) < 4.78 is 31.2. The normalized spacial score (nSPS) is 17.6. The summed E-state index contributed by atoms with van der Waals surface area (Å²) in [6, 6.07) is 17.5. The average molecular weight is 476 g/mol. The highest BCUT2D eigenvalue weighted by molar-refractivity contribution is 7.91. The van der Waals surface area contributed by atoms with E-state index in [1.165, 1.54) is 35.9 Å². The fraction of sp³-hybridized carbons (Fsp3) is 0.192. The lowest BCUT2D eigenvalue weighted by Gasteiger charge is -2.26. The van der Waals surface area contributed by atoms with Crippen molar-refractivity contribution < 1.29 is 27.5 Å². The molecule has 1 aliphatic carbocycles. The Kier molecular flexibility index (Phi) is 5.53. The van der Waals surface area contributed by atoms with E-state index in [0.29, 0.717) is 0 Å². The van der Waals surface area contributed by atoms with Gasteiger partial charge < -0.3 is 10.1 Å². The van der Waals surface area contributed by atoms with Crippen LogP contribution in [0.2, 0.25) is 0 Å². The first kappa shape index (κ1) is 22.0. The minimum Gasteiger partial charge on any atom is -0.452 e. The maximum atomic E-state index is 13.0. The number of sulfone groups is 1. The zero-order chi connectivity index (χ0) is 23.9. The van der Waals surface area contributed by atoms with Gasteiger partial charge in [-0.1, -0.05) is 36.4 Å². The van der Waals surface area contributed by atoms with Crippen LogP contribution in [0.3, 0.4) is 0 Å². The van der Waals surface area contributed by atoms with Gasteiger partial charge in [0.25, 0.3) is 5.91 Å². The Morgan fingerprint density at radius 1 is 0.941 bits per heavy atom. The minimum atomic E-state index is -3.98. The van der Waals surface area contributed by atoms with Crippen LogP contribution in [-0.4, -0.2) is 32.7 Å². The van der Waals surface area contributed by atoms with Gasteiger partial charge in [0.1, 0.15) is 0 Å². The molecule has 8 heteroatoms. The number of nitrogens with one attached hydrogen (secondary N) is 1. The molecule has 1 amide bonds. The number of hydrogen-bond acceptors (Lipinski definition) is 6. The number of ketones is 1. The standard InChI is InChI=1S/C26H21NO6S/c28-24(27-21-10-5-7-16-6-1-2-8-18(16)21)15-33-26(30)17-12-13-20-23(14-17)34(31,32)22-11-4-3-9-19(22)25(20)29/h1-4,6,8-9,11-14,21H,5,7,10,15H2,(H,27,28). The Bertz CT molecular complexity index is 1440. The minimum absolute atomic E-state index is 0.00366. The van der Waals surface area contributed by atoms with Gasteiger partial charge in [-0.2, -0.15) is 0 Å². The van der Waals surface area contributed by atoms with Crippen LogP contribution in [0.5, 0.6) is 0 Å². The maximum absolute atomic E-state index is 13.0. The van der Waals surface area contributed by atoms with Gasteiger partial charge in [0.15, 0.2) is 12.4 Å². The number of ether oxygens (including phenoxy) is 1. The predicted octanol–water partition coefficient (Wildman–Crippen LogP) is 3.41. The Hall–Kier alpha value is -3.78. The molecular weight excluding hydrogens is 454 g/mol. The summed E-state index contributed by atoms with van der Waals surface area (Å²) >= 11 is 0. The van der Waals surface area contributed by atoms with Crippen molar-refractivity contribution in [2.45, 2.75) is 35.1 Å². The molecule has 7 nitrogen and oxygen atoms in total. The van der Waals surface area contributed by atoms with Gasteiger partial charge >= 0.3 is 5.97 Å². The molecule has 3 aromatic carbocycles. The number of carbonyl (C=O) groups is 3. The predicted molar refractivity (Wildman–Crippen MR) is 122 cm³/mol. The average Bonchev–Trinajstić information content (AvgIpc) is 2.86. The second-order valence-corrected chi connectivity index (χ2v) is 10.2. The van der Waals surface area contributed by atoms with Crippen molar-refractivity contribution in [3.63, 3.8) is 0 Å². The van der Waals surface area contributed by atoms with E-state index in [-0.39, 0.29) is 32.5 Å². The van der Waals surface area contributed by atoms with Gasteiger partial charge in [0.2, 0.25) is 9.84 Å². The van der Waals surface area contributed by atoms with E-state index >= 15 is 0 Å². The molecular formula is C26H21NO6S. The second kappa shape index (κ2) is 8.53. The van der Waals surface area contributed by atoms with Crippen LogP contribution in [0.4, 0.5) is 0 Å². The highest BCUT2D eigenvalue weighted by atomic mass is 32.2. The summed E-state index contributed by atoms with van der Waals surface area (Å²) in [5, 5.41) is 2.90. The van der Waals surface area contributed by atoms with Crippen LogP contribution in [-0.2, 0) is 25.8 Å². The van der Waals surface area contributed by atoms with Crippen molar-refractivity contribution in [2.75, 3.05) is 6.61 Å². The quantitative estimate of drug-likeness (QED) is 0.454. The van der Waals surface area contributed by atoms with Crippen molar-refractivity contribution >= 4 is 27.5 Å². The number of amides is 1. The van der Waals surface area contributed by atoms with Gasteiger partial charge in [0.05, 0.1) is 21.4 Å². The molecule has 0 saturated heterocycles. The molecule has 0 aromatic heterocycles. The Labute approximate surface area is 196 Å². The number of esters is 1. The van der Waals surface area contributed by atoms with E-state index in [2.05, 4.69) is 5.32 Å². The van der Waals surface area contributed by atoms with Crippen LogP contribution in [0.15, 0.2) is 76.5 Å². The molecule has 34 heavy (non-hydrogen) atoms. The fourth-order valence-electron chi connectivity index (χ4n) is 4.57. The van der Waals surface area contributed by atoms with Crippen LogP contribution in [0, 0.1) is 0 Å². The van der Waals surface area contributed by atoms with Gasteiger partial charge in [-0.15, -0.1) is 0 Å². The van der Waals surface area contributed by atoms with Crippen molar-refractivity contribution in [1.29, 1.82) is 0 Å². The molecule has 0 saturated carbocycles. The lowest BCUT2D eigenvalue weighted by molar-refractivity contribution is -0.125. The number of rotatable bonds is 4. The maximum Gasteiger partial charge on any atom is 0.338 e. The molecule has 0 bridgehead atoms. The SMILES string of the molecule is O=C(COC(=O)c1ccc2c(c1)S(=O)(=O)c1ccccc1C2=O)NC1CCCc2ccccc21. The highest BCUT2D eigenvalue weighted by Crippen LogP contribution is 2.35. The smallest absolute Gasteiger partial charge is 0.338 e. The molecule has 1 aliphatic heterocycles. The van der Waals surface area contributed by atoms with E-state index in [4.69, 9.17) is 4.74 Å². The van der Waals surface area contributed by atoms with Crippen molar-refractivity contribution in [1.82, 2.24) is 5.32 Å². The zero-order valence-corrected chi connectivity index (χ0v) is 18.9. The number of fused-ring (bicyclic) bond motifs is 3. The van der Waals surface area contributed by atoms with Crippen molar-refractivity contribution in [3.8, 4) is 0 Å². The third kappa shape index (κ3) is 3.80. The van der Waals surface area contributed by atoms with Crippen LogP contribution in [0.25, 0.3) is 0 Å². The number of hydrogen-bond donors (Lipinski definition) is 1. The third-order valence-corrected chi connectivity index (χ3v) is 8.06. The molecule has 0 spiro atoms. The Morgan fingerprint density at radius 3 is 2.53 bits per heavy atom. The number of carbonyl (C=O) groups excluding carboxylic acids is 3. The molecule has 1 atom stereocenters. The molecule has 3 aromatic rings. The lowest BCUT2D eigenvalue weighted by Crippen LogP contribution is -2.34. The summed E-state index contributed by atoms with van der Waals surface area (Å²) in [6.45, 7) is -0.497. The second-order valence-electron chi connectivity index (χ2n) is 8.33. The number of benzene rings is 3. The van der Waals surface area contributed by atoms with Crippen LogP contribution in [0.1, 0.15) is 56.3 Å². The molecule has 5 rings (SSSR count). The Morgan fingerprint density at radius 2 is 1.68 bits per heavy atom. The van der Waals surface area contributed by atoms with Gasteiger partial charge in [-0.3, -0.25) is 9.59 Å². The Balaban J connectivity index is 1.30. The van der Waals surface area contributed by atoms with Gasteiger partial charge in [-0.05, 0) is 60.7 Å². The molecule has 1 heterocycles. The lowest BCUT2D eigenvalue weighted by atomic mass is 9.88. The zero-order valence-electron chi connectivity index (χ0n) is 18.1. The first-order valence-corrected chi connectivity index (χ1v) is 12.4. The summed E-state index contributed by atoms with van der Waals surface area (Å²) in [4.78, 5) is 37.4. The summed E-state index contributed by atoms with van der Waals surface area (Å²) in [6.07, 6.45) is 2.72. The fourth-order valence-corrected chi connectivity index (χ4v) is 6.24. The van der Waals surface area contributed by atoms with E-state index in [1.54, 1.807) is 6.07 Å². The van der Waals surface area contributed by atoms with Gasteiger partial charge in [-0.25, -0.2) is 13.2 Å². The first-order chi connectivity index (χ1) is 16.4. The monoisotopic (exact) mass is 475 g/mol. The summed E-state index contributed by atoms with van der Waals surface area (Å²) in [5.74, 6) is -1.71. The van der Waals surface area contributed by atoms with Crippen molar-refractivity contribution in [2.24, 2.45) is 0 Å². The molecule has 1 N–H and O–H groups in total. The summed E-state index contributed by atoms with van der Waals surface area (Å²) in [5.41, 5.74) is 2.32. The van der Waals surface area contributed by atoms with E-state index in [9.17, 15) is 22.8 Å². The molecule has 0 radical (unpaired) electrons. The largest absolute Gasteiger partial charge is 0.452 e. The van der Waals surface area contributed by atoms with E-state index < -0.39 is 34.1 Å². The van der Waals surface area contributed by atoms with E-state index in [1.807, 2.05) is 24.3 Å². The molecule has 2 aliphatic rings. The molecule has 0 fully saturated rings. The molecule has 172 valence electrons. The molecule has 1 unspecified atom stereocenters. The van der Waals surface area contributed by atoms with Crippen LogP contribution >= 0.6 is 0 Å². The van der Waals surface area contributed by atoms with Crippen molar-refractivity contribution in [3.05, 3.63) is 94.5 Å². The van der Waals surface area contributed by atoms with Gasteiger partial charge in [0, 0.05) is 11.1 Å². The topological polar surface area (TPSA) is 107 Å². The highest BCUT2D eigenvalue weighted by Gasteiger charge is 2.35. The van der Waals surface area contributed by atoms with Crippen LogP contribution < -0.4 is 5.32 Å². The third-order valence-electron chi connectivity index (χ3n) is 6.21. The first-order valence-electron chi connectivity index (χ1n) is 10.9. The number of aryl methyl sites for hydroxylation is 1. The van der Waals surface area contributed by atoms with E-state index in [0.717, 1.165) is 30.9 Å².